The Morgan fingerprint density at radius 2 is 1.66 bits per heavy atom. The van der Waals surface area contributed by atoms with E-state index in [9.17, 15) is 9.90 Å². The fourth-order valence-corrected chi connectivity index (χ4v) is 5.94. The topological polar surface area (TPSA) is 86.5 Å². The molecule has 8 heteroatoms. The summed E-state index contributed by atoms with van der Waals surface area (Å²) in [5.41, 5.74) is 5.69. The number of nitrogens with zero attached hydrogens (tertiary/aromatic N) is 3. The number of carbonyl (C=O) groups is 1. The van der Waals surface area contributed by atoms with Crippen LogP contribution in [0.3, 0.4) is 0 Å². The Labute approximate surface area is 252 Å². The molecule has 0 unspecified atom stereocenters. The Balaban J connectivity index is 1.29. The highest BCUT2D eigenvalue weighted by Crippen LogP contribution is 2.36. The van der Waals surface area contributed by atoms with Crippen molar-refractivity contribution >= 4 is 39.7 Å². The lowest BCUT2D eigenvalue weighted by Crippen LogP contribution is -2.14. The van der Waals surface area contributed by atoms with E-state index in [0.717, 1.165) is 70.9 Å². The third kappa shape index (κ3) is 5.79. The van der Waals surface area contributed by atoms with E-state index in [2.05, 4.69) is 62.5 Å². The van der Waals surface area contributed by atoms with E-state index in [-0.39, 0.29) is 11.6 Å². The van der Waals surface area contributed by atoms with Gasteiger partial charge in [-0.3, -0.25) is 0 Å². The second kappa shape index (κ2) is 11.9. The Morgan fingerprint density at radius 3 is 2.37 bits per heavy atom. The predicted molar refractivity (Wildman–Crippen MR) is 168 cm³/mol. The van der Waals surface area contributed by atoms with Crippen LogP contribution in [0.2, 0.25) is 0 Å². The van der Waals surface area contributed by atoms with Crippen molar-refractivity contribution < 1.29 is 19.4 Å². The van der Waals surface area contributed by atoms with E-state index >= 15 is 0 Å². The van der Waals surface area contributed by atoms with Crippen LogP contribution >= 0.6 is 22.6 Å². The molecule has 0 radical (unpaired) electrons. The molecule has 41 heavy (non-hydrogen) atoms. The molecular formula is C33H30IN3O4. The van der Waals surface area contributed by atoms with Gasteiger partial charge < -0.3 is 19.1 Å². The third-order valence-corrected chi connectivity index (χ3v) is 8.41. The van der Waals surface area contributed by atoms with Crippen molar-refractivity contribution in [1.29, 1.82) is 0 Å². The summed E-state index contributed by atoms with van der Waals surface area (Å²) in [6.45, 7) is 0.389. The summed E-state index contributed by atoms with van der Waals surface area (Å²) >= 11 is 2.31. The zero-order valence-corrected chi connectivity index (χ0v) is 24.9. The first-order chi connectivity index (χ1) is 20.0. The van der Waals surface area contributed by atoms with Crippen molar-refractivity contribution in [3.63, 3.8) is 0 Å². The maximum Gasteiger partial charge on any atom is 0.337 e. The number of carboxylic acid groups (broad SMARTS) is 1. The molecule has 0 saturated heterocycles. The Bertz CT molecular complexity index is 1690. The Morgan fingerprint density at radius 1 is 0.951 bits per heavy atom. The minimum Gasteiger partial charge on any atom is -0.497 e. The van der Waals surface area contributed by atoms with Gasteiger partial charge in [0.25, 0.3) is 0 Å². The van der Waals surface area contributed by atoms with Crippen molar-refractivity contribution in [3.05, 3.63) is 93.7 Å². The van der Waals surface area contributed by atoms with E-state index in [0.29, 0.717) is 12.1 Å². The van der Waals surface area contributed by atoms with Gasteiger partial charge in [0.2, 0.25) is 0 Å². The highest BCUT2D eigenvalue weighted by Gasteiger charge is 2.24. The minimum atomic E-state index is -1.00. The van der Waals surface area contributed by atoms with Crippen LogP contribution in [0.15, 0.2) is 79.0 Å². The van der Waals surface area contributed by atoms with E-state index in [1.54, 1.807) is 13.2 Å². The molecule has 208 valence electrons. The molecular weight excluding hydrogens is 629 g/mol. The van der Waals surface area contributed by atoms with Gasteiger partial charge in [0.05, 0.1) is 12.7 Å². The zero-order chi connectivity index (χ0) is 28.3. The van der Waals surface area contributed by atoms with Crippen LogP contribution < -0.4 is 9.47 Å². The Kier molecular flexibility index (Phi) is 7.91. The lowest BCUT2D eigenvalue weighted by Gasteiger charge is -2.25. The van der Waals surface area contributed by atoms with Crippen LogP contribution in [0.4, 0.5) is 0 Å². The van der Waals surface area contributed by atoms with Crippen molar-refractivity contribution in [1.82, 2.24) is 14.5 Å². The molecule has 0 amide bonds. The van der Waals surface area contributed by atoms with Crippen LogP contribution in [0.1, 0.15) is 54.1 Å². The maximum absolute atomic E-state index is 11.6. The van der Waals surface area contributed by atoms with Gasteiger partial charge in [-0.1, -0.05) is 37.5 Å². The smallest absolute Gasteiger partial charge is 0.337 e. The van der Waals surface area contributed by atoms with Crippen molar-refractivity contribution in [2.45, 2.75) is 44.8 Å². The van der Waals surface area contributed by atoms with Crippen LogP contribution in [0.25, 0.3) is 33.7 Å². The molecule has 7 nitrogen and oxygen atoms in total. The van der Waals surface area contributed by atoms with E-state index in [4.69, 9.17) is 14.5 Å². The van der Waals surface area contributed by atoms with Crippen LogP contribution in [0, 0.1) is 3.57 Å². The fourth-order valence-electron chi connectivity index (χ4n) is 5.58. The number of benzene rings is 3. The molecule has 0 bridgehead atoms. The van der Waals surface area contributed by atoms with Gasteiger partial charge in [0.1, 0.15) is 29.4 Å². The Hall–Kier alpha value is -3.92. The minimum absolute atomic E-state index is 0.142. The summed E-state index contributed by atoms with van der Waals surface area (Å²) in [6, 6.07) is 24.3. The van der Waals surface area contributed by atoms with Crippen molar-refractivity contribution in [3.8, 4) is 34.0 Å². The van der Waals surface area contributed by atoms with Crippen LogP contribution in [-0.4, -0.2) is 32.7 Å². The lowest BCUT2D eigenvalue weighted by atomic mass is 9.95. The number of hydrogen-bond donors (Lipinski definition) is 1. The molecule has 1 saturated carbocycles. The number of imidazole rings is 1. The molecule has 2 heterocycles. The van der Waals surface area contributed by atoms with Gasteiger partial charge in [-0.15, -0.1) is 0 Å². The maximum atomic E-state index is 11.6. The average Bonchev–Trinajstić information content (AvgIpc) is 3.40. The zero-order valence-electron chi connectivity index (χ0n) is 22.7. The molecule has 1 fully saturated rings. The number of methoxy groups -OCH3 is 1. The van der Waals surface area contributed by atoms with E-state index < -0.39 is 5.97 Å². The largest absolute Gasteiger partial charge is 0.497 e. The molecule has 1 N–H and O–H groups in total. The number of pyridine rings is 1. The molecule has 0 aliphatic heterocycles. The molecule has 1 aliphatic rings. The summed E-state index contributed by atoms with van der Waals surface area (Å²) in [5, 5.41) is 9.48. The number of aromatic carboxylic acids is 1. The third-order valence-electron chi connectivity index (χ3n) is 7.69. The summed E-state index contributed by atoms with van der Waals surface area (Å²) in [6.07, 6.45) is 7.11. The highest BCUT2D eigenvalue weighted by atomic mass is 127. The summed E-state index contributed by atoms with van der Waals surface area (Å²) < 4.78 is 15.1. The van der Waals surface area contributed by atoms with Gasteiger partial charge in [-0.25, -0.2) is 14.8 Å². The van der Waals surface area contributed by atoms with Crippen LogP contribution in [0.5, 0.6) is 11.5 Å². The highest BCUT2D eigenvalue weighted by molar-refractivity contribution is 14.1. The summed E-state index contributed by atoms with van der Waals surface area (Å²) in [7, 11) is 1.67. The van der Waals surface area contributed by atoms with E-state index in [1.807, 2.05) is 36.4 Å². The molecule has 2 aromatic heterocycles. The van der Waals surface area contributed by atoms with Gasteiger partial charge in [0, 0.05) is 26.9 Å². The van der Waals surface area contributed by atoms with Crippen molar-refractivity contribution in [2.75, 3.05) is 7.11 Å². The second-order valence-corrected chi connectivity index (χ2v) is 11.6. The molecule has 5 aromatic rings. The van der Waals surface area contributed by atoms with Gasteiger partial charge in [-0.05, 0) is 101 Å². The molecule has 0 atom stereocenters. The first-order valence-electron chi connectivity index (χ1n) is 13.8. The SMILES string of the molecule is COc1ccc(-c2ccc(I)cc2)c(COc2ccc(-c3nc4cc(C(=O)O)cnc4n3C3CCCCC3)cc2)c1. The lowest BCUT2D eigenvalue weighted by molar-refractivity contribution is 0.0696. The number of halogens is 1. The number of fused-ring (bicyclic) bond motifs is 1. The predicted octanol–water partition coefficient (Wildman–Crippen LogP) is 8.16. The molecule has 6 rings (SSSR count). The van der Waals surface area contributed by atoms with Crippen molar-refractivity contribution in [2.24, 2.45) is 0 Å². The number of aromatic nitrogens is 3. The number of carboxylic acids is 1. The summed E-state index contributed by atoms with van der Waals surface area (Å²) in [5.74, 6) is 1.34. The standard InChI is InChI=1S/C33H30IN3O4/c1-40-28-15-16-29(21-7-11-25(34)12-8-21)24(17-28)20-41-27-13-9-22(10-14-27)31-36-30-18-23(33(38)39)19-35-32(30)37(31)26-5-3-2-4-6-26/h7-19,26H,2-6,20H2,1H3,(H,38,39). The summed E-state index contributed by atoms with van der Waals surface area (Å²) in [4.78, 5) is 21.0. The number of hydrogen-bond acceptors (Lipinski definition) is 5. The van der Waals surface area contributed by atoms with Gasteiger partial charge >= 0.3 is 5.97 Å². The fraction of sp³-hybridized carbons (Fsp3) is 0.242. The molecule has 0 spiro atoms. The quantitative estimate of drug-likeness (QED) is 0.169. The normalized spacial score (nSPS) is 13.8. The van der Waals surface area contributed by atoms with E-state index in [1.165, 1.54) is 16.2 Å². The first-order valence-corrected chi connectivity index (χ1v) is 14.9. The van der Waals surface area contributed by atoms with Gasteiger partial charge in [-0.2, -0.15) is 0 Å². The average molecular weight is 660 g/mol. The first kappa shape index (κ1) is 27.3. The molecule has 3 aromatic carbocycles. The van der Waals surface area contributed by atoms with Gasteiger partial charge in [0.15, 0.2) is 5.65 Å². The number of ether oxygens (including phenoxy) is 2. The monoisotopic (exact) mass is 659 g/mol. The second-order valence-electron chi connectivity index (χ2n) is 10.3. The van der Waals surface area contributed by atoms with Crippen LogP contribution in [-0.2, 0) is 6.61 Å². The molecule has 1 aliphatic carbocycles. The number of rotatable bonds is 8.